The van der Waals surface area contributed by atoms with Crippen molar-refractivity contribution >= 4 is 13.7 Å². The minimum Gasteiger partial charge on any atom is -0.393 e. The van der Waals surface area contributed by atoms with Crippen LogP contribution in [0.5, 0.6) is 0 Å². The number of nitrogens with two attached hydrogens (primary N) is 1. The van der Waals surface area contributed by atoms with Crippen LogP contribution in [0.2, 0.25) is 0 Å². The van der Waals surface area contributed by atoms with Crippen molar-refractivity contribution in [2.24, 2.45) is 5.73 Å². The van der Waals surface area contributed by atoms with Crippen molar-refractivity contribution in [3.8, 4) is 0 Å². The standard InChI is InChI=1S/C45H93N2O7P/c1-3-5-7-9-11-13-15-17-19-20-21-22-23-25-27-29-31-33-35-37-44(49)43(41-54-55(51,52)53-39-38-46)47-45(50)40-42(48)36-34-32-30-28-26-24-18-16-14-12-10-8-6-4-2/h42-44,48-49H,3-41,46H2,1-2H3,(H,47,50)(H,51,52). The Kier molecular flexibility index (Phi) is 41.2. The number of aliphatic hydroxyl groups excluding tert-OH is 2. The van der Waals surface area contributed by atoms with Crippen LogP contribution in [-0.4, -0.2) is 59.0 Å². The summed E-state index contributed by atoms with van der Waals surface area (Å²) >= 11 is 0. The number of carbonyl (C=O) groups excluding carboxylic acids is 1. The number of nitrogens with one attached hydrogen (secondary N) is 1. The van der Waals surface area contributed by atoms with Crippen LogP contribution in [0.1, 0.15) is 245 Å². The van der Waals surface area contributed by atoms with Gasteiger partial charge in [0.1, 0.15) is 0 Å². The summed E-state index contributed by atoms with van der Waals surface area (Å²) in [5.41, 5.74) is 5.38. The molecule has 0 aliphatic heterocycles. The number of phosphoric ester groups is 1. The molecule has 4 atom stereocenters. The summed E-state index contributed by atoms with van der Waals surface area (Å²) in [6.07, 6.45) is 41.4. The minimum absolute atomic E-state index is 0.0628. The van der Waals surface area contributed by atoms with E-state index in [4.69, 9.17) is 14.8 Å². The summed E-state index contributed by atoms with van der Waals surface area (Å²) in [5, 5.41) is 24.2. The average Bonchev–Trinajstić information content (AvgIpc) is 3.16. The molecule has 6 N–H and O–H groups in total. The predicted molar refractivity (Wildman–Crippen MR) is 232 cm³/mol. The molecule has 0 fully saturated rings. The van der Waals surface area contributed by atoms with Crippen molar-refractivity contribution in [1.29, 1.82) is 0 Å². The molecule has 0 heterocycles. The van der Waals surface area contributed by atoms with Gasteiger partial charge in [-0.2, -0.15) is 0 Å². The van der Waals surface area contributed by atoms with E-state index in [9.17, 15) is 24.5 Å². The SMILES string of the molecule is CCCCCCCCCCCCCCCCCCCCCC(O)C(COP(=O)(O)OCCN)NC(=O)CC(O)CCCCCCCCCCCCCCCC. The van der Waals surface area contributed by atoms with E-state index in [1.54, 1.807) is 0 Å². The Hall–Kier alpha value is -0.540. The molecule has 0 radical (unpaired) electrons. The van der Waals surface area contributed by atoms with Gasteiger partial charge in [0.05, 0.1) is 37.9 Å². The quantitative estimate of drug-likeness (QED) is 0.0301. The van der Waals surface area contributed by atoms with Gasteiger partial charge in [0, 0.05) is 6.54 Å². The van der Waals surface area contributed by atoms with Crippen LogP contribution < -0.4 is 11.1 Å². The molecule has 0 aromatic rings. The van der Waals surface area contributed by atoms with Crippen molar-refractivity contribution in [2.75, 3.05) is 19.8 Å². The van der Waals surface area contributed by atoms with Crippen LogP contribution in [0.15, 0.2) is 0 Å². The molecular formula is C45H93N2O7P. The highest BCUT2D eigenvalue weighted by Gasteiger charge is 2.28. The van der Waals surface area contributed by atoms with Crippen molar-refractivity contribution in [1.82, 2.24) is 5.32 Å². The summed E-state index contributed by atoms with van der Waals surface area (Å²) in [7, 11) is -4.37. The van der Waals surface area contributed by atoms with Gasteiger partial charge in [-0.05, 0) is 12.8 Å². The van der Waals surface area contributed by atoms with Crippen LogP contribution in [-0.2, 0) is 18.4 Å². The van der Waals surface area contributed by atoms with E-state index in [-0.39, 0.29) is 26.2 Å². The van der Waals surface area contributed by atoms with Gasteiger partial charge >= 0.3 is 7.82 Å². The minimum atomic E-state index is -4.37. The molecule has 0 aromatic carbocycles. The molecule has 4 unspecified atom stereocenters. The van der Waals surface area contributed by atoms with E-state index in [0.29, 0.717) is 12.8 Å². The monoisotopic (exact) mass is 805 g/mol. The lowest BCUT2D eigenvalue weighted by Crippen LogP contribution is -2.47. The van der Waals surface area contributed by atoms with Crippen LogP contribution in [0.25, 0.3) is 0 Å². The molecule has 0 saturated heterocycles. The van der Waals surface area contributed by atoms with Crippen molar-refractivity contribution < 1.29 is 33.5 Å². The molecule has 9 nitrogen and oxygen atoms in total. The van der Waals surface area contributed by atoms with Crippen molar-refractivity contribution in [3.05, 3.63) is 0 Å². The van der Waals surface area contributed by atoms with E-state index in [1.807, 2.05) is 0 Å². The van der Waals surface area contributed by atoms with Crippen molar-refractivity contribution in [3.63, 3.8) is 0 Å². The Balaban J connectivity index is 4.18. The first-order valence-corrected chi connectivity index (χ1v) is 25.2. The van der Waals surface area contributed by atoms with Gasteiger partial charge in [-0.15, -0.1) is 0 Å². The summed E-state index contributed by atoms with van der Waals surface area (Å²) in [5.74, 6) is -0.408. The number of aliphatic hydroxyl groups is 2. The fourth-order valence-corrected chi connectivity index (χ4v) is 8.18. The van der Waals surface area contributed by atoms with Gasteiger partial charge in [0.2, 0.25) is 5.91 Å². The second kappa shape index (κ2) is 41.6. The zero-order chi connectivity index (χ0) is 40.5. The first-order valence-electron chi connectivity index (χ1n) is 23.7. The second-order valence-corrected chi connectivity index (χ2v) is 18.0. The molecule has 0 aromatic heterocycles. The number of hydrogen-bond donors (Lipinski definition) is 5. The molecule has 0 bridgehead atoms. The van der Waals surface area contributed by atoms with Gasteiger partial charge in [-0.1, -0.05) is 226 Å². The molecule has 0 saturated carbocycles. The number of phosphoric acid groups is 1. The van der Waals surface area contributed by atoms with Gasteiger partial charge < -0.3 is 26.2 Å². The molecule has 0 spiro atoms. The molecule has 1 amide bonds. The lowest BCUT2D eigenvalue weighted by atomic mass is 10.0. The second-order valence-electron chi connectivity index (χ2n) is 16.5. The maximum Gasteiger partial charge on any atom is 0.472 e. The van der Waals surface area contributed by atoms with Crippen LogP contribution in [0.4, 0.5) is 0 Å². The fourth-order valence-electron chi connectivity index (χ4n) is 7.42. The highest BCUT2D eigenvalue weighted by Crippen LogP contribution is 2.43. The average molecular weight is 805 g/mol. The highest BCUT2D eigenvalue weighted by molar-refractivity contribution is 7.47. The number of hydrogen-bond acceptors (Lipinski definition) is 7. The van der Waals surface area contributed by atoms with Crippen LogP contribution in [0.3, 0.4) is 0 Å². The normalized spacial score (nSPS) is 14.5. The highest BCUT2D eigenvalue weighted by atomic mass is 31.2. The Bertz CT molecular complexity index is 852. The zero-order valence-electron chi connectivity index (χ0n) is 36.3. The van der Waals surface area contributed by atoms with Crippen molar-refractivity contribution in [2.45, 2.75) is 263 Å². The van der Waals surface area contributed by atoms with E-state index < -0.39 is 32.0 Å². The summed E-state index contributed by atoms with van der Waals surface area (Å²) in [6, 6.07) is -0.891. The lowest BCUT2D eigenvalue weighted by Gasteiger charge is -2.25. The van der Waals surface area contributed by atoms with Gasteiger partial charge in [0.25, 0.3) is 0 Å². The van der Waals surface area contributed by atoms with E-state index in [2.05, 4.69) is 19.2 Å². The predicted octanol–water partition coefficient (Wildman–Crippen LogP) is 12.4. The summed E-state index contributed by atoms with van der Waals surface area (Å²) < 4.78 is 22.2. The van der Waals surface area contributed by atoms with E-state index in [1.165, 1.54) is 173 Å². The Morgan fingerprint density at radius 2 is 0.873 bits per heavy atom. The zero-order valence-corrected chi connectivity index (χ0v) is 37.2. The van der Waals surface area contributed by atoms with Gasteiger partial charge in [-0.3, -0.25) is 13.8 Å². The molecule has 0 rings (SSSR count). The fraction of sp³-hybridized carbons (Fsp3) is 0.978. The number of carbonyl (C=O) groups is 1. The first-order chi connectivity index (χ1) is 26.8. The molecule has 0 aliphatic carbocycles. The number of rotatable bonds is 45. The third-order valence-electron chi connectivity index (χ3n) is 11.0. The molecule has 0 aliphatic rings. The van der Waals surface area contributed by atoms with Crippen LogP contribution in [0, 0.1) is 0 Å². The van der Waals surface area contributed by atoms with E-state index >= 15 is 0 Å². The molecule has 330 valence electrons. The Labute approximate surface area is 340 Å². The largest absolute Gasteiger partial charge is 0.472 e. The third-order valence-corrected chi connectivity index (χ3v) is 12.0. The Morgan fingerprint density at radius 3 is 1.22 bits per heavy atom. The molecule has 10 heteroatoms. The number of amides is 1. The van der Waals surface area contributed by atoms with Gasteiger partial charge in [0.15, 0.2) is 0 Å². The maximum atomic E-state index is 12.8. The lowest BCUT2D eigenvalue weighted by molar-refractivity contribution is -0.125. The maximum absolute atomic E-state index is 12.8. The van der Waals surface area contributed by atoms with Crippen LogP contribution >= 0.6 is 7.82 Å². The smallest absolute Gasteiger partial charge is 0.393 e. The molecular weight excluding hydrogens is 711 g/mol. The topological polar surface area (TPSA) is 151 Å². The third kappa shape index (κ3) is 40.0. The summed E-state index contributed by atoms with van der Waals surface area (Å²) in [4.78, 5) is 22.8. The van der Waals surface area contributed by atoms with E-state index in [0.717, 1.165) is 38.5 Å². The first kappa shape index (κ1) is 54.5. The Morgan fingerprint density at radius 1 is 0.545 bits per heavy atom. The number of unbranched alkanes of at least 4 members (excludes halogenated alkanes) is 31. The van der Waals surface area contributed by atoms with Gasteiger partial charge in [-0.25, -0.2) is 4.57 Å². The molecule has 55 heavy (non-hydrogen) atoms. The summed E-state index contributed by atoms with van der Waals surface area (Å²) in [6.45, 7) is 4.08.